The lowest BCUT2D eigenvalue weighted by Crippen LogP contribution is -2.45. The van der Waals surface area contributed by atoms with Crippen LogP contribution in [-0.4, -0.2) is 48.2 Å². The van der Waals surface area contributed by atoms with Crippen molar-refractivity contribution in [2.24, 2.45) is 5.92 Å². The van der Waals surface area contributed by atoms with Crippen LogP contribution in [0.15, 0.2) is 0 Å². The van der Waals surface area contributed by atoms with Gasteiger partial charge in [0.2, 0.25) is 5.91 Å². The van der Waals surface area contributed by atoms with E-state index in [1.807, 2.05) is 11.9 Å². The second-order valence-corrected chi connectivity index (χ2v) is 4.86. The average Bonchev–Trinajstić information content (AvgIpc) is 2.66. The van der Waals surface area contributed by atoms with Crippen LogP contribution in [0.1, 0.15) is 25.7 Å². The van der Waals surface area contributed by atoms with E-state index in [1.54, 1.807) is 0 Å². The number of nitrogens with one attached hydrogen (secondary N) is 1. The maximum atomic E-state index is 11.9. The zero-order chi connectivity index (χ0) is 10.8. The molecule has 0 bridgehead atoms. The van der Waals surface area contributed by atoms with Crippen LogP contribution in [-0.2, 0) is 4.79 Å². The van der Waals surface area contributed by atoms with E-state index in [2.05, 4.69) is 5.32 Å². The summed E-state index contributed by atoms with van der Waals surface area (Å²) in [6.45, 7) is 1.76. The SMILES string of the molecule is CN(CC1CC(O)C1)C(=O)[C@H]1CCCN1. The molecule has 1 saturated carbocycles. The van der Waals surface area contributed by atoms with Crippen molar-refractivity contribution < 1.29 is 9.90 Å². The van der Waals surface area contributed by atoms with Crippen LogP contribution in [0.2, 0.25) is 0 Å². The molecule has 1 amide bonds. The number of amides is 1. The topological polar surface area (TPSA) is 52.6 Å². The molecule has 0 aromatic heterocycles. The largest absolute Gasteiger partial charge is 0.393 e. The van der Waals surface area contributed by atoms with Gasteiger partial charge in [-0.25, -0.2) is 0 Å². The second-order valence-electron chi connectivity index (χ2n) is 4.86. The molecule has 86 valence electrons. The van der Waals surface area contributed by atoms with Gasteiger partial charge < -0.3 is 15.3 Å². The number of rotatable bonds is 3. The Balaban J connectivity index is 1.74. The van der Waals surface area contributed by atoms with E-state index in [0.29, 0.717) is 5.92 Å². The van der Waals surface area contributed by atoms with E-state index in [9.17, 15) is 4.79 Å². The first kappa shape index (κ1) is 10.9. The Morgan fingerprint density at radius 2 is 2.27 bits per heavy atom. The molecule has 2 fully saturated rings. The van der Waals surface area contributed by atoms with Crippen LogP contribution in [0.4, 0.5) is 0 Å². The van der Waals surface area contributed by atoms with Crippen molar-refractivity contribution in [3.05, 3.63) is 0 Å². The fraction of sp³-hybridized carbons (Fsp3) is 0.909. The van der Waals surface area contributed by atoms with Gasteiger partial charge in [-0.1, -0.05) is 0 Å². The minimum atomic E-state index is -0.122. The quantitative estimate of drug-likeness (QED) is 0.690. The maximum Gasteiger partial charge on any atom is 0.239 e. The molecule has 1 aliphatic carbocycles. The second kappa shape index (κ2) is 4.49. The van der Waals surface area contributed by atoms with E-state index in [4.69, 9.17) is 5.11 Å². The summed E-state index contributed by atoms with van der Waals surface area (Å²) >= 11 is 0. The molecular weight excluding hydrogens is 192 g/mol. The summed E-state index contributed by atoms with van der Waals surface area (Å²) in [7, 11) is 1.87. The number of aliphatic hydroxyl groups excluding tert-OH is 1. The third-order valence-electron chi connectivity index (χ3n) is 3.48. The Bertz CT molecular complexity index is 233. The van der Waals surface area contributed by atoms with Gasteiger partial charge in [-0.15, -0.1) is 0 Å². The summed E-state index contributed by atoms with van der Waals surface area (Å²) in [5.74, 6) is 0.726. The normalized spacial score (nSPS) is 34.9. The molecular formula is C11H20N2O2. The van der Waals surface area contributed by atoms with Gasteiger partial charge in [0, 0.05) is 13.6 Å². The highest BCUT2D eigenvalue weighted by atomic mass is 16.3. The Labute approximate surface area is 90.6 Å². The molecule has 0 spiro atoms. The molecule has 2 rings (SSSR count). The number of carbonyl (C=O) groups is 1. The highest BCUT2D eigenvalue weighted by molar-refractivity contribution is 5.81. The van der Waals surface area contributed by atoms with Crippen molar-refractivity contribution in [2.45, 2.75) is 37.8 Å². The van der Waals surface area contributed by atoms with Crippen LogP contribution in [0.25, 0.3) is 0 Å². The molecule has 15 heavy (non-hydrogen) atoms. The number of likely N-dealkylation sites (N-methyl/N-ethyl adjacent to an activating group) is 1. The fourth-order valence-corrected chi connectivity index (χ4v) is 2.49. The molecule has 2 N–H and O–H groups in total. The van der Waals surface area contributed by atoms with Crippen molar-refractivity contribution in [1.82, 2.24) is 10.2 Å². The van der Waals surface area contributed by atoms with Crippen molar-refractivity contribution >= 4 is 5.91 Å². The summed E-state index contributed by atoms with van der Waals surface area (Å²) in [4.78, 5) is 13.7. The minimum Gasteiger partial charge on any atom is -0.393 e. The lowest BCUT2D eigenvalue weighted by molar-refractivity contribution is -0.133. The molecule has 0 radical (unpaired) electrons. The van der Waals surface area contributed by atoms with Crippen LogP contribution >= 0.6 is 0 Å². The first-order valence-electron chi connectivity index (χ1n) is 5.83. The van der Waals surface area contributed by atoms with Gasteiger partial charge in [0.25, 0.3) is 0 Å². The lowest BCUT2D eigenvalue weighted by Gasteiger charge is -2.35. The fourth-order valence-electron chi connectivity index (χ4n) is 2.49. The lowest BCUT2D eigenvalue weighted by atomic mass is 9.82. The van der Waals surface area contributed by atoms with Crippen LogP contribution in [0.5, 0.6) is 0 Å². The van der Waals surface area contributed by atoms with Gasteiger partial charge >= 0.3 is 0 Å². The van der Waals surface area contributed by atoms with Gasteiger partial charge in [-0.3, -0.25) is 4.79 Å². The summed E-state index contributed by atoms with van der Waals surface area (Å²) in [5.41, 5.74) is 0. The van der Waals surface area contributed by atoms with E-state index in [-0.39, 0.29) is 18.1 Å². The monoisotopic (exact) mass is 212 g/mol. The highest BCUT2D eigenvalue weighted by Crippen LogP contribution is 2.27. The third-order valence-corrected chi connectivity index (χ3v) is 3.48. The molecule has 1 atom stereocenters. The minimum absolute atomic E-state index is 0.0417. The van der Waals surface area contributed by atoms with Gasteiger partial charge in [-0.05, 0) is 38.1 Å². The first-order valence-corrected chi connectivity index (χ1v) is 5.83. The number of hydrogen-bond donors (Lipinski definition) is 2. The standard InChI is InChI=1S/C11H20N2O2/c1-13(7-8-5-9(14)6-8)11(15)10-3-2-4-12-10/h8-10,12,14H,2-7H2,1H3/t8?,9?,10-/m1/s1. The predicted octanol–water partition coefficient (Wildman–Crippen LogP) is -0.0323. The molecule has 4 nitrogen and oxygen atoms in total. The zero-order valence-electron chi connectivity index (χ0n) is 9.28. The molecule has 0 aromatic carbocycles. The molecule has 4 heteroatoms. The Kier molecular flexibility index (Phi) is 3.26. The number of aliphatic hydroxyl groups is 1. The number of nitrogens with zero attached hydrogens (tertiary/aromatic N) is 1. The number of hydrogen-bond acceptors (Lipinski definition) is 3. The third kappa shape index (κ3) is 2.49. The van der Waals surface area contributed by atoms with E-state index in [0.717, 1.165) is 38.8 Å². The van der Waals surface area contributed by atoms with E-state index >= 15 is 0 Å². The van der Waals surface area contributed by atoms with Gasteiger partial charge in [-0.2, -0.15) is 0 Å². The molecule has 0 aromatic rings. The maximum absolute atomic E-state index is 11.9. The van der Waals surface area contributed by atoms with Crippen molar-refractivity contribution in [1.29, 1.82) is 0 Å². The Hall–Kier alpha value is -0.610. The molecule has 1 aliphatic heterocycles. The Morgan fingerprint density at radius 1 is 1.53 bits per heavy atom. The van der Waals surface area contributed by atoms with Crippen molar-refractivity contribution in [3.8, 4) is 0 Å². The zero-order valence-corrected chi connectivity index (χ0v) is 9.28. The molecule has 0 unspecified atom stereocenters. The van der Waals surface area contributed by atoms with Gasteiger partial charge in [0.15, 0.2) is 0 Å². The molecule has 1 saturated heterocycles. The van der Waals surface area contributed by atoms with Crippen molar-refractivity contribution in [3.63, 3.8) is 0 Å². The van der Waals surface area contributed by atoms with E-state index < -0.39 is 0 Å². The smallest absolute Gasteiger partial charge is 0.239 e. The summed E-state index contributed by atoms with van der Waals surface area (Å²) in [6.07, 6.45) is 3.66. The highest BCUT2D eigenvalue weighted by Gasteiger charge is 2.31. The first-order chi connectivity index (χ1) is 7.16. The van der Waals surface area contributed by atoms with Crippen LogP contribution in [0.3, 0.4) is 0 Å². The Morgan fingerprint density at radius 3 is 2.80 bits per heavy atom. The molecule has 2 aliphatic rings. The average molecular weight is 212 g/mol. The summed E-state index contributed by atoms with van der Waals surface area (Å²) in [6, 6.07) is 0.0417. The summed E-state index contributed by atoms with van der Waals surface area (Å²) in [5, 5.41) is 12.4. The van der Waals surface area contributed by atoms with Gasteiger partial charge in [0.05, 0.1) is 12.1 Å². The number of carbonyl (C=O) groups excluding carboxylic acids is 1. The van der Waals surface area contributed by atoms with E-state index in [1.165, 1.54) is 0 Å². The predicted molar refractivity (Wildman–Crippen MR) is 57.4 cm³/mol. The van der Waals surface area contributed by atoms with Crippen molar-refractivity contribution in [2.75, 3.05) is 20.1 Å². The van der Waals surface area contributed by atoms with Crippen LogP contribution < -0.4 is 5.32 Å². The summed E-state index contributed by atoms with van der Waals surface area (Å²) < 4.78 is 0. The van der Waals surface area contributed by atoms with Gasteiger partial charge in [0.1, 0.15) is 0 Å². The molecule has 1 heterocycles. The van der Waals surface area contributed by atoms with Crippen LogP contribution in [0, 0.1) is 5.92 Å².